The van der Waals surface area contributed by atoms with Crippen molar-refractivity contribution in [1.82, 2.24) is 0 Å². The summed E-state index contributed by atoms with van der Waals surface area (Å²) in [4.78, 5) is 13.1. The number of nitrogen functional groups attached to an aromatic ring is 1. The number of carbonyl (C=O) groups is 1. The van der Waals surface area contributed by atoms with Crippen LogP contribution in [0.4, 0.5) is 11.4 Å². The van der Waals surface area contributed by atoms with E-state index in [9.17, 15) is 4.79 Å². The van der Waals surface area contributed by atoms with Gasteiger partial charge in [0.15, 0.2) is 0 Å². The van der Waals surface area contributed by atoms with E-state index in [0.717, 1.165) is 10.6 Å². The van der Waals surface area contributed by atoms with Crippen LogP contribution in [-0.4, -0.2) is 11.2 Å². The fourth-order valence-electron chi connectivity index (χ4n) is 1.58. The first-order valence-electron chi connectivity index (χ1n) is 6.13. The number of thioether (sulfide) groups is 1. The van der Waals surface area contributed by atoms with Gasteiger partial charge >= 0.3 is 0 Å². The maximum absolute atomic E-state index is 12.1. The third-order valence-corrected chi connectivity index (χ3v) is 4.04. The summed E-state index contributed by atoms with van der Waals surface area (Å²) in [6, 6.07) is 14.5. The van der Waals surface area contributed by atoms with Gasteiger partial charge in [0.25, 0.3) is 0 Å². The van der Waals surface area contributed by atoms with Gasteiger partial charge in [-0.2, -0.15) is 0 Å². The van der Waals surface area contributed by atoms with Gasteiger partial charge in [-0.1, -0.05) is 11.6 Å². The molecule has 0 saturated carbocycles. The molecule has 2 rings (SSSR count). The number of hydrogen-bond acceptors (Lipinski definition) is 3. The van der Waals surface area contributed by atoms with Gasteiger partial charge in [0.05, 0.1) is 5.25 Å². The Kier molecular flexibility index (Phi) is 4.93. The first-order chi connectivity index (χ1) is 9.54. The summed E-state index contributed by atoms with van der Waals surface area (Å²) >= 11 is 7.29. The second kappa shape index (κ2) is 6.68. The monoisotopic (exact) mass is 306 g/mol. The molecule has 0 heterocycles. The van der Waals surface area contributed by atoms with E-state index < -0.39 is 0 Å². The van der Waals surface area contributed by atoms with Crippen molar-refractivity contribution < 1.29 is 4.79 Å². The topological polar surface area (TPSA) is 55.1 Å². The number of amides is 1. The van der Waals surface area contributed by atoms with Gasteiger partial charge in [-0.05, 0) is 55.5 Å². The van der Waals surface area contributed by atoms with Crippen LogP contribution in [0, 0.1) is 0 Å². The van der Waals surface area contributed by atoms with Crippen molar-refractivity contribution in [3.63, 3.8) is 0 Å². The van der Waals surface area contributed by atoms with Crippen molar-refractivity contribution in [3.8, 4) is 0 Å². The molecular formula is C15H15ClN2OS. The van der Waals surface area contributed by atoms with Crippen LogP contribution in [0.25, 0.3) is 0 Å². The molecule has 0 aliphatic rings. The van der Waals surface area contributed by atoms with Crippen LogP contribution in [0.2, 0.25) is 5.02 Å². The van der Waals surface area contributed by atoms with Crippen LogP contribution in [0.15, 0.2) is 53.4 Å². The Bertz CT molecular complexity index is 584. The third kappa shape index (κ3) is 4.18. The molecule has 0 saturated heterocycles. The summed E-state index contributed by atoms with van der Waals surface area (Å²) in [6.07, 6.45) is 0. The first-order valence-corrected chi connectivity index (χ1v) is 7.39. The minimum absolute atomic E-state index is 0.0471. The summed E-state index contributed by atoms with van der Waals surface area (Å²) in [7, 11) is 0. The molecule has 0 bridgehead atoms. The molecule has 3 N–H and O–H groups in total. The van der Waals surface area contributed by atoms with Crippen molar-refractivity contribution in [2.24, 2.45) is 0 Å². The normalized spacial score (nSPS) is 11.9. The van der Waals surface area contributed by atoms with Crippen molar-refractivity contribution in [1.29, 1.82) is 0 Å². The van der Waals surface area contributed by atoms with E-state index in [1.54, 1.807) is 24.3 Å². The van der Waals surface area contributed by atoms with Crippen LogP contribution in [0.1, 0.15) is 6.92 Å². The summed E-state index contributed by atoms with van der Waals surface area (Å²) in [5, 5.41) is 3.30. The van der Waals surface area contributed by atoms with Gasteiger partial charge in [-0.3, -0.25) is 4.79 Å². The summed E-state index contributed by atoms with van der Waals surface area (Å²) in [5.74, 6) is -0.0471. The van der Waals surface area contributed by atoms with Crippen molar-refractivity contribution in [2.45, 2.75) is 17.1 Å². The Morgan fingerprint density at radius 3 is 2.35 bits per heavy atom. The Balaban J connectivity index is 1.94. The molecule has 104 valence electrons. The smallest absolute Gasteiger partial charge is 0.237 e. The Morgan fingerprint density at radius 2 is 1.75 bits per heavy atom. The molecule has 2 aromatic rings. The van der Waals surface area contributed by atoms with Crippen LogP contribution in [0.5, 0.6) is 0 Å². The lowest BCUT2D eigenvalue weighted by Crippen LogP contribution is -2.22. The van der Waals surface area contributed by atoms with Crippen LogP contribution >= 0.6 is 23.4 Å². The predicted molar refractivity (Wildman–Crippen MR) is 86.3 cm³/mol. The summed E-state index contributed by atoms with van der Waals surface area (Å²) in [5.41, 5.74) is 7.09. The van der Waals surface area contributed by atoms with Crippen molar-refractivity contribution >= 4 is 40.6 Å². The highest BCUT2D eigenvalue weighted by atomic mass is 35.5. The molecule has 0 radical (unpaired) electrons. The summed E-state index contributed by atoms with van der Waals surface area (Å²) in [6.45, 7) is 1.87. The molecule has 0 spiro atoms. The minimum Gasteiger partial charge on any atom is -0.399 e. The maximum atomic E-state index is 12.1. The highest BCUT2D eigenvalue weighted by molar-refractivity contribution is 8.00. The highest BCUT2D eigenvalue weighted by Crippen LogP contribution is 2.25. The number of halogens is 1. The predicted octanol–water partition coefficient (Wildman–Crippen LogP) is 4.04. The lowest BCUT2D eigenvalue weighted by molar-refractivity contribution is -0.115. The van der Waals surface area contributed by atoms with Crippen LogP contribution in [0.3, 0.4) is 0 Å². The number of hydrogen-bond donors (Lipinski definition) is 2. The molecule has 1 unspecified atom stereocenters. The fraction of sp³-hybridized carbons (Fsp3) is 0.133. The number of nitrogens with two attached hydrogens (primary N) is 1. The molecule has 0 aliphatic carbocycles. The van der Waals surface area contributed by atoms with E-state index in [1.165, 1.54) is 11.8 Å². The molecular weight excluding hydrogens is 292 g/mol. The zero-order valence-electron chi connectivity index (χ0n) is 11.0. The van der Waals surface area contributed by atoms with Gasteiger partial charge < -0.3 is 11.1 Å². The zero-order chi connectivity index (χ0) is 14.5. The second-order valence-electron chi connectivity index (χ2n) is 4.33. The van der Waals surface area contributed by atoms with Crippen molar-refractivity contribution in [3.05, 3.63) is 53.6 Å². The molecule has 0 aliphatic heterocycles. The molecule has 3 nitrogen and oxygen atoms in total. The Morgan fingerprint density at radius 1 is 1.15 bits per heavy atom. The number of rotatable bonds is 4. The lowest BCUT2D eigenvalue weighted by Gasteiger charge is -2.12. The summed E-state index contributed by atoms with van der Waals surface area (Å²) < 4.78 is 0. The first kappa shape index (κ1) is 14.8. The number of anilines is 2. The second-order valence-corrected chi connectivity index (χ2v) is 6.18. The maximum Gasteiger partial charge on any atom is 0.237 e. The molecule has 1 atom stereocenters. The van der Waals surface area contributed by atoms with E-state index in [2.05, 4.69) is 5.32 Å². The Labute approximate surface area is 127 Å². The largest absolute Gasteiger partial charge is 0.399 e. The highest BCUT2D eigenvalue weighted by Gasteiger charge is 2.14. The number of nitrogens with one attached hydrogen (secondary N) is 1. The number of carbonyl (C=O) groups excluding carboxylic acids is 1. The molecule has 5 heteroatoms. The average Bonchev–Trinajstić information content (AvgIpc) is 2.44. The van der Waals surface area contributed by atoms with E-state index >= 15 is 0 Å². The molecule has 0 aromatic heterocycles. The quantitative estimate of drug-likeness (QED) is 0.662. The lowest BCUT2D eigenvalue weighted by atomic mass is 10.3. The van der Waals surface area contributed by atoms with Gasteiger partial charge in [0.2, 0.25) is 5.91 Å². The molecule has 2 aromatic carbocycles. The van der Waals surface area contributed by atoms with Crippen LogP contribution < -0.4 is 11.1 Å². The molecule has 0 fully saturated rings. The van der Waals surface area contributed by atoms with Crippen molar-refractivity contribution in [2.75, 3.05) is 11.1 Å². The molecule has 20 heavy (non-hydrogen) atoms. The van der Waals surface area contributed by atoms with Gasteiger partial charge in [-0.25, -0.2) is 0 Å². The van der Waals surface area contributed by atoms with E-state index in [0.29, 0.717) is 10.7 Å². The Hall–Kier alpha value is -1.65. The fourth-order valence-corrected chi connectivity index (χ4v) is 2.57. The number of benzene rings is 2. The van der Waals surface area contributed by atoms with Gasteiger partial charge in [0, 0.05) is 21.3 Å². The zero-order valence-corrected chi connectivity index (χ0v) is 12.5. The molecule has 1 amide bonds. The minimum atomic E-state index is -0.200. The standard InChI is InChI=1S/C15H15ClN2OS/c1-10(20-14-8-4-12(17)5-9-14)15(19)18-13-6-2-11(16)3-7-13/h2-10H,17H2,1H3,(H,18,19). The SMILES string of the molecule is CC(Sc1ccc(N)cc1)C(=O)Nc1ccc(Cl)cc1. The third-order valence-electron chi connectivity index (χ3n) is 2.67. The van der Waals surface area contributed by atoms with E-state index in [1.807, 2.05) is 31.2 Å². The van der Waals surface area contributed by atoms with E-state index in [4.69, 9.17) is 17.3 Å². The average molecular weight is 307 g/mol. The van der Waals surface area contributed by atoms with Gasteiger partial charge in [-0.15, -0.1) is 11.8 Å². The van der Waals surface area contributed by atoms with Gasteiger partial charge in [0.1, 0.15) is 0 Å². The van der Waals surface area contributed by atoms with E-state index in [-0.39, 0.29) is 11.2 Å². The van der Waals surface area contributed by atoms with Crippen LogP contribution in [-0.2, 0) is 4.79 Å².